The molecule has 1 aliphatic heterocycles. The molecule has 0 saturated carbocycles. The van der Waals surface area contributed by atoms with Crippen molar-refractivity contribution in [2.45, 2.75) is 71.9 Å². The summed E-state index contributed by atoms with van der Waals surface area (Å²) < 4.78 is 45.6. The van der Waals surface area contributed by atoms with E-state index in [1.54, 1.807) is 13.8 Å². The van der Waals surface area contributed by atoms with E-state index in [2.05, 4.69) is 15.3 Å². The van der Waals surface area contributed by atoms with Crippen LogP contribution in [0.3, 0.4) is 0 Å². The van der Waals surface area contributed by atoms with Crippen LogP contribution in [0.25, 0.3) is 10.4 Å². The number of carbonyl (C=O) groups excluding carboxylic acids is 4. The Kier molecular flexibility index (Phi) is 12.4. The van der Waals surface area contributed by atoms with Crippen LogP contribution in [-0.4, -0.2) is 74.0 Å². The molecule has 0 bridgehead atoms. The highest BCUT2D eigenvalue weighted by atomic mass is 31.2. The SMILES string of the molecule is CCOP(=O)(OCC)C1=C[C@H](N=[N+]=[N-])[C@@H](NC(C)=O)[C@H]([C@H](OC(C)=O)[C@@H](COC(C)=O)OC(C)=O)O1. The number of carbonyl (C=O) groups is 4. The van der Waals surface area contributed by atoms with Crippen molar-refractivity contribution in [2.75, 3.05) is 19.8 Å². The second-order valence-electron chi connectivity index (χ2n) is 7.37. The van der Waals surface area contributed by atoms with Crippen LogP contribution in [0.5, 0.6) is 0 Å². The molecule has 1 aliphatic rings. The topological polar surface area (TPSA) is 202 Å². The van der Waals surface area contributed by atoms with Gasteiger partial charge in [-0.25, -0.2) is 0 Å². The standard InChI is InChI=1S/C20H31N4O11P/c1-7-31-36(29,32-8-2)17-9-15(23-24-21)18(22-11(3)25)20(35-17)19(34-14(6)28)16(33-13(5)27)10-30-12(4)26/h9,15-16,18-20H,7-8,10H2,1-6H3,(H,22,25)/t15-,16+,18+,19+,20+/m0/s1. The Hall–Kier alpha value is -3.12. The Morgan fingerprint density at radius 1 is 1.08 bits per heavy atom. The minimum atomic E-state index is -4.11. The van der Waals surface area contributed by atoms with Gasteiger partial charge in [0.25, 0.3) is 0 Å². The minimum Gasteiger partial charge on any atom is -0.476 e. The first kappa shape index (κ1) is 30.9. The van der Waals surface area contributed by atoms with Gasteiger partial charge in [0.05, 0.1) is 25.3 Å². The molecule has 5 atom stereocenters. The van der Waals surface area contributed by atoms with E-state index >= 15 is 0 Å². The van der Waals surface area contributed by atoms with Gasteiger partial charge in [-0.1, -0.05) is 5.11 Å². The number of hydrogen-bond donors (Lipinski definition) is 1. The van der Waals surface area contributed by atoms with Gasteiger partial charge in [0, 0.05) is 32.6 Å². The van der Waals surface area contributed by atoms with E-state index in [-0.39, 0.29) is 18.7 Å². The van der Waals surface area contributed by atoms with Gasteiger partial charge >= 0.3 is 25.5 Å². The molecule has 0 unspecified atom stereocenters. The van der Waals surface area contributed by atoms with E-state index in [0.717, 1.165) is 20.8 Å². The zero-order valence-corrected chi connectivity index (χ0v) is 21.8. The van der Waals surface area contributed by atoms with Gasteiger partial charge in [-0.05, 0) is 25.5 Å². The fraction of sp³-hybridized carbons (Fsp3) is 0.700. The molecular weight excluding hydrogens is 503 g/mol. The van der Waals surface area contributed by atoms with E-state index in [9.17, 15) is 23.7 Å². The molecule has 0 aromatic rings. The predicted molar refractivity (Wildman–Crippen MR) is 122 cm³/mol. The number of nitrogens with one attached hydrogen (secondary N) is 1. The van der Waals surface area contributed by atoms with Gasteiger partial charge in [-0.3, -0.25) is 23.7 Å². The first-order valence-corrected chi connectivity index (χ1v) is 12.5. The van der Waals surface area contributed by atoms with E-state index < -0.39 is 68.4 Å². The van der Waals surface area contributed by atoms with Crippen LogP contribution in [0.15, 0.2) is 16.7 Å². The van der Waals surface area contributed by atoms with Crippen molar-refractivity contribution in [3.8, 4) is 0 Å². The lowest BCUT2D eigenvalue weighted by molar-refractivity contribution is -0.186. The first-order valence-electron chi connectivity index (χ1n) is 11.0. The minimum absolute atomic E-state index is 0.0418. The number of azide groups is 1. The smallest absolute Gasteiger partial charge is 0.395 e. The predicted octanol–water partition coefficient (Wildman–Crippen LogP) is 2.10. The molecule has 0 aliphatic carbocycles. The van der Waals surface area contributed by atoms with E-state index in [1.807, 2.05) is 0 Å². The van der Waals surface area contributed by atoms with Gasteiger partial charge in [0.1, 0.15) is 6.61 Å². The maximum atomic E-state index is 13.5. The maximum Gasteiger partial charge on any atom is 0.395 e. The lowest BCUT2D eigenvalue weighted by atomic mass is 9.93. The lowest BCUT2D eigenvalue weighted by Gasteiger charge is -2.41. The molecule has 16 heteroatoms. The summed E-state index contributed by atoms with van der Waals surface area (Å²) in [6, 6.07) is -2.44. The summed E-state index contributed by atoms with van der Waals surface area (Å²) in [4.78, 5) is 50.1. The zero-order chi connectivity index (χ0) is 27.5. The van der Waals surface area contributed by atoms with Gasteiger partial charge in [-0.2, -0.15) is 0 Å². The van der Waals surface area contributed by atoms with Gasteiger partial charge in [0.15, 0.2) is 18.3 Å². The summed E-state index contributed by atoms with van der Waals surface area (Å²) in [5.41, 5.74) is 8.77. The molecule has 0 fully saturated rings. The van der Waals surface area contributed by atoms with E-state index in [0.29, 0.717) is 0 Å². The molecule has 0 spiro atoms. The molecular formula is C20H31N4O11P. The van der Waals surface area contributed by atoms with E-state index in [4.69, 9.17) is 33.5 Å². The summed E-state index contributed by atoms with van der Waals surface area (Å²) in [6.45, 7) is 6.92. The maximum absolute atomic E-state index is 13.5. The fourth-order valence-corrected chi connectivity index (χ4v) is 4.94. The normalized spacial score (nSPS) is 20.9. The molecule has 0 saturated heterocycles. The molecule has 202 valence electrons. The number of hydrogen-bond acceptors (Lipinski definition) is 12. The van der Waals surface area contributed by atoms with Gasteiger partial charge in [0.2, 0.25) is 11.4 Å². The van der Waals surface area contributed by atoms with Crippen LogP contribution in [0.4, 0.5) is 0 Å². The van der Waals surface area contributed by atoms with Crippen molar-refractivity contribution in [3.63, 3.8) is 0 Å². The van der Waals surface area contributed by atoms with Crippen LogP contribution in [-0.2, 0) is 51.7 Å². The lowest BCUT2D eigenvalue weighted by Crippen LogP contribution is -2.60. The fourth-order valence-electron chi connectivity index (χ4n) is 3.35. The molecule has 0 radical (unpaired) electrons. The summed E-state index contributed by atoms with van der Waals surface area (Å²) in [5.74, 6) is -2.96. The van der Waals surface area contributed by atoms with Crippen molar-refractivity contribution in [2.24, 2.45) is 5.11 Å². The van der Waals surface area contributed by atoms with Crippen molar-refractivity contribution < 1.29 is 51.7 Å². The Morgan fingerprint density at radius 3 is 2.11 bits per heavy atom. The van der Waals surface area contributed by atoms with Crippen molar-refractivity contribution in [3.05, 3.63) is 22.0 Å². The van der Waals surface area contributed by atoms with Crippen molar-refractivity contribution in [1.29, 1.82) is 0 Å². The highest BCUT2D eigenvalue weighted by molar-refractivity contribution is 7.58. The third-order valence-electron chi connectivity index (χ3n) is 4.48. The summed E-state index contributed by atoms with van der Waals surface area (Å²) in [6.07, 6.45) is -3.27. The number of amides is 1. The average Bonchev–Trinajstić information content (AvgIpc) is 2.76. The molecule has 1 heterocycles. The third-order valence-corrected chi connectivity index (χ3v) is 6.47. The van der Waals surface area contributed by atoms with Gasteiger partial charge < -0.3 is 33.3 Å². The van der Waals surface area contributed by atoms with Crippen LogP contribution < -0.4 is 5.32 Å². The molecule has 1 N–H and O–H groups in total. The summed E-state index contributed by atoms with van der Waals surface area (Å²) in [7, 11) is -4.11. The largest absolute Gasteiger partial charge is 0.476 e. The first-order chi connectivity index (χ1) is 16.9. The molecule has 0 aromatic carbocycles. The molecule has 1 amide bonds. The third kappa shape index (κ3) is 9.15. The van der Waals surface area contributed by atoms with Crippen molar-refractivity contribution >= 4 is 31.4 Å². The highest BCUT2D eigenvalue weighted by Gasteiger charge is 2.50. The Bertz CT molecular complexity index is 940. The molecule has 0 aromatic heterocycles. The number of rotatable bonds is 13. The molecule has 36 heavy (non-hydrogen) atoms. The number of nitrogens with zero attached hydrogens (tertiary/aromatic N) is 3. The number of esters is 3. The van der Waals surface area contributed by atoms with Crippen LogP contribution in [0.1, 0.15) is 41.5 Å². The van der Waals surface area contributed by atoms with Crippen LogP contribution >= 0.6 is 7.60 Å². The van der Waals surface area contributed by atoms with Crippen molar-refractivity contribution in [1.82, 2.24) is 5.32 Å². The summed E-state index contributed by atoms with van der Waals surface area (Å²) >= 11 is 0. The van der Waals surface area contributed by atoms with Crippen LogP contribution in [0, 0.1) is 0 Å². The second-order valence-corrected chi connectivity index (χ2v) is 9.32. The Balaban J connectivity index is 3.75. The molecule has 1 rings (SSSR count). The summed E-state index contributed by atoms with van der Waals surface area (Å²) in [5, 5.41) is 6.20. The monoisotopic (exact) mass is 534 g/mol. The Labute approximate surface area is 207 Å². The molecule has 15 nitrogen and oxygen atoms in total. The average molecular weight is 534 g/mol. The van der Waals surface area contributed by atoms with E-state index in [1.165, 1.54) is 13.0 Å². The second kappa shape index (κ2) is 14.4. The van der Waals surface area contributed by atoms with Crippen LogP contribution in [0.2, 0.25) is 0 Å². The van der Waals surface area contributed by atoms with Gasteiger partial charge in [-0.15, -0.1) is 0 Å². The Morgan fingerprint density at radius 2 is 1.67 bits per heavy atom. The highest BCUT2D eigenvalue weighted by Crippen LogP contribution is 2.58. The number of ether oxygens (including phenoxy) is 4. The quantitative estimate of drug-likeness (QED) is 0.0905. The zero-order valence-electron chi connectivity index (χ0n) is 20.9.